The fourth-order valence-corrected chi connectivity index (χ4v) is 3.60. The molecule has 0 aliphatic carbocycles. The summed E-state index contributed by atoms with van der Waals surface area (Å²) in [6, 6.07) is 3.78. The van der Waals surface area contributed by atoms with E-state index in [1.807, 2.05) is 12.1 Å². The van der Waals surface area contributed by atoms with Crippen LogP contribution in [0.2, 0.25) is 0 Å². The van der Waals surface area contributed by atoms with Crippen LogP contribution in [0.4, 0.5) is 0 Å². The van der Waals surface area contributed by atoms with Crippen LogP contribution in [-0.2, 0) is 17.8 Å². The molecule has 0 spiro atoms. The third-order valence-corrected chi connectivity index (χ3v) is 4.93. The molecule has 1 saturated heterocycles. The number of pyridine rings is 1. The Bertz CT molecular complexity index is 734. The van der Waals surface area contributed by atoms with E-state index in [9.17, 15) is 9.59 Å². The molecule has 1 aliphatic heterocycles. The molecule has 1 aliphatic rings. The highest BCUT2D eigenvalue weighted by atomic mass is 32.1. The third-order valence-electron chi connectivity index (χ3n) is 4.17. The second-order valence-corrected chi connectivity index (χ2v) is 6.90. The quantitative estimate of drug-likeness (QED) is 0.814. The van der Waals surface area contributed by atoms with Gasteiger partial charge >= 0.3 is 0 Å². The number of rotatable bonds is 7. The smallest absolute Gasteiger partial charge is 0.267 e. The summed E-state index contributed by atoms with van der Waals surface area (Å²) in [6.45, 7) is 3.00. The first-order valence-corrected chi connectivity index (χ1v) is 9.23. The molecule has 1 fully saturated rings. The Balaban J connectivity index is 1.80. The van der Waals surface area contributed by atoms with E-state index in [4.69, 9.17) is 0 Å². The van der Waals surface area contributed by atoms with E-state index in [1.54, 1.807) is 17.3 Å². The zero-order valence-electron chi connectivity index (χ0n) is 14.1. The van der Waals surface area contributed by atoms with Crippen molar-refractivity contribution in [2.24, 2.45) is 0 Å². The van der Waals surface area contributed by atoms with Gasteiger partial charge in [0.1, 0.15) is 4.88 Å². The van der Waals surface area contributed by atoms with E-state index in [0.717, 1.165) is 42.1 Å². The predicted molar refractivity (Wildman–Crippen MR) is 94.0 cm³/mol. The highest BCUT2D eigenvalue weighted by Crippen LogP contribution is 2.19. The van der Waals surface area contributed by atoms with Gasteiger partial charge < -0.3 is 10.2 Å². The third kappa shape index (κ3) is 4.39. The number of carbonyl (C=O) groups is 2. The summed E-state index contributed by atoms with van der Waals surface area (Å²) in [4.78, 5) is 31.0. The van der Waals surface area contributed by atoms with Gasteiger partial charge in [-0.05, 0) is 42.1 Å². The topological polar surface area (TPSA) is 88.1 Å². The van der Waals surface area contributed by atoms with Gasteiger partial charge in [-0.3, -0.25) is 14.6 Å². The first kappa shape index (κ1) is 17.5. The van der Waals surface area contributed by atoms with Crippen molar-refractivity contribution >= 4 is 23.3 Å². The molecule has 2 aromatic rings. The molecule has 2 aromatic heterocycles. The monoisotopic (exact) mass is 359 g/mol. The molecule has 0 bridgehead atoms. The molecule has 3 heterocycles. The maximum absolute atomic E-state index is 13.1. The molecule has 1 atom stereocenters. The molecule has 7 nitrogen and oxygen atoms in total. The van der Waals surface area contributed by atoms with Gasteiger partial charge in [0.2, 0.25) is 5.91 Å². The number of hydrogen-bond acceptors (Lipinski definition) is 6. The van der Waals surface area contributed by atoms with Crippen LogP contribution in [0.15, 0.2) is 24.5 Å². The SMILES string of the molecule is CCCc1nnsc1C(=O)N(Cc1ccncc1)C[C@@H]1CCC(=O)N1. The van der Waals surface area contributed by atoms with Gasteiger partial charge in [0, 0.05) is 37.9 Å². The normalized spacial score (nSPS) is 16.7. The molecule has 0 saturated carbocycles. The summed E-state index contributed by atoms with van der Waals surface area (Å²) in [7, 11) is 0. The van der Waals surface area contributed by atoms with E-state index in [0.29, 0.717) is 24.4 Å². The van der Waals surface area contributed by atoms with Gasteiger partial charge in [-0.1, -0.05) is 17.8 Å². The van der Waals surface area contributed by atoms with Crippen molar-refractivity contribution in [1.82, 2.24) is 24.8 Å². The lowest BCUT2D eigenvalue weighted by Crippen LogP contribution is -2.41. The van der Waals surface area contributed by atoms with Crippen molar-refractivity contribution in [2.75, 3.05) is 6.54 Å². The van der Waals surface area contributed by atoms with E-state index in [-0.39, 0.29) is 17.9 Å². The molecule has 3 rings (SSSR count). The Morgan fingerprint density at radius 3 is 2.88 bits per heavy atom. The number of aryl methyl sites for hydroxylation is 1. The van der Waals surface area contributed by atoms with Crippen molar-refractivity contribution in [3.05, 3.63) is 40.7 Å². The Kier molecular flexibility index (Phi) is 5.70. The minimum Gasteiger partial charge on any atom is -0.352 e. The van der Waals surface area contributed by atoms with Crippen molar-refractivity contribution in [3.8, 4) is 0 Å². The molecular weight excluding hydrogens is 338 g/mol. The first-order valence-electron chi connectivity index (χ1n) is 8.46. The van der Waals surface area contributed by atoms with Crippen LogP contribution < -0.4 is 5.32 Å². The van der Waals surface area contributed by atoms with E-state index >= 15 is 0 Å². The van der Waals surface area contributed by atoms with Crippen molar-refractivity contribution in [3.63, 3.8) is 0 Å². The molecule has 132 valence electrons. The largest absolute Gasteiger partial charge is 0.352 e. The number of aromatic nitrogens is 3. The number of carbonyl (C=O) groups excluding carboxylic acids is 2. The number of hydrogen-bond donors (Lipinski definition) is 1. The van der Waals surface area contributed by atoms with Gasteiger partial charge in [0.15, 0.2) is 0 Å². The summed E-state index contributed by atoms with van der Waals surface area (Å²) in [5, 5.41) is 7.04. The summed E-state index contributed by atoms with van der Waals surface area (Å²) in [5.41, 5.74) is 1.76. The summed E-state index contributed by atoms with van der Waals surface area (Å²) >= 11 is 1.14. The Morgan fingerprint density at radius 1 is 1.40 bits per heavy atom. The Hall–Kier alpha value is -2.35. The lowest BCUT2D eigenvalue weighted by Gasteiger charge is -2.25. The molecule has 0 unspecified atom stereocenters. The average Bonchev–Trinajstić information content (AvgIpc) is 3.24. The second-order valence-electron chi connectivity index (χ2n) is 6.14. The standard InChI is InChI=1S/C17H21N5O2S/c1-2-3-14-16(25-21-20-14)17(24)22(10-12-6-8-18-9-7-12)11-13-4-5-15(23)19-13/h6-9,13H,2-5,10-11H2,1H3,(H,19,23)/t13-/m0/s1. The van der Waals surface area contributed by atoms with Crippen LogP contribution in [-0.4, -0.2) is 43.9 Å². The molecule has 25 heavy (non-hydrogen) atoms. The molecule has 1 N–H and O–H groups in total. The van der Waals surface area contributed by atoms with Crippen molar-refractivity contribution in [1.29, 1.82) is 0 Å². The van der Waals surface area contributed by atoms with E-state index < -0.39 is 0 Å². The van der Waals surface area contributed by atoms with Gasteiger partial charge in [0.05, 0.1) is 5.69 Å². The molecule has 0 radical (unpaired) electrons. The lowest BCUT2D eigenvalue weighted by atomic mass is 10.1. The predicted octanol–water partition coefficient (Wildman–Crippen LogP) is 1.81. The first-order chi connectivity index (χ1) is 12.2. The maximum atomic E-state index is 13.1. The molecule has 8 heteroatoms. The van der Waals surface area contributed by atoms with Crippen LogP contribution in [0.1, 0.15) is 47.1 Å². The van der Waals surface area contributed by atoms with Gasteiger partial charge in [-0.25, -0.2) is 0 Å². The Labute approximate surface area is 150 Å². The minimum absolute atomic E-state index is 0.00575. The lowest BCUT2D eigenvalue weighted by molar-refractivity contribution is -0.119. The number of nitrogens with one attached hydrogen (secondary N) is 1. The second kappa shape index (κ2) is 8.15. The van der Waals surface area contributed by atoms with Crippen molar-refractivity contribution in [2.45, 2.75) is 45.2 Å². The zero-order valence-corrected chi connectivity index (χ0v) is 15.0. The van der Waals surface area contributed by atoms with Gasteiger partial charge in [-0.15, -0.1) is 5.10 Å². The van der Waals surface area contributed by atoms with Crippen LogP contribution in [0.25, 0.3) is 0 Å². The molecular formula is C17H21N5O2S. The van der Waals surface area contributed by atoms with Crippen molar-refractivity contribution < 1.29 is 9.59 Å². The van der Waals surface area contributed by atoms with Crippen LogP contribution in [0.5, 0.6) is 0 Å². The van der Waals surface area contributed by atoms with Crippen LogP contribution in [0, 0.1) is 0 Å². The van der Waals surface area contributed by atoms with Gasteiger partial charge in [0.25, 0.3) is 5.91 Å². The molecule has 2 amide bonds. The highest BCUT2D eigenvalue weighted by molar-refractivity contribution is 7.08. The summed E-state index contributed by atoms with van der Waals surface area (Å²) in [6.07, 6.45) is 6.35. The van der Waals surface area contributed by atoms with E-state index in [1.165, 1.54) is 0 Å². The zero-order chi connectivity index (χ0) is 17.6. The fraction of sp³-hybridized carbons (Fsp3) is 0.471. The summed E-state index contributed by atoms with van der Waals surface area (Å²) < 4.78 is 3.96. The fourth-order valence-electron chi connectivity index (χ4n) is 2.92. The van der Waals surface area contributed by atoms with Crippen LogP contribution >= 0.6 is 11.5 Å². The summed E-state index contributed by atoms with van der Waals surface area (Å²) in [5.74, 6) is -0.0242. The maximum Gasteiger partial charge on any atom is 0.267 e. The average molecular weight is 359 g/mol. The van der Waals surface area contributed by atoms with Gasteiger partial charge in [-0.2, -0.15) is 0 Å². The number of amides is 2. The number of nitrogens with zero attached hydrogens (tertiary/aromatic N) is 4. The minimum atomic E-state index is -0.0728. The highest BCUT2D eigenvalue weighted by Gasteiger charge is 2.28. The molecule has 0 aromatic carbocycles. The van der Waals surface area contributed by atoms with Crippen LogP contribution in [0.3, 0.4) is 0 Å². The van der Waals surface area contributed by atoms with E-state index in [2.05, 4.69) is 26.8 Å². The Morgan fingerprint density at radius 2 is 2.20 bits per heavy atom.